The molecule has 9 heteroatoms. The predicted molar refractivity (Wildman–Crippen MR) is 124 cm³/mol. The van der Waals surface area contributed by atoms with Crippen molar-refractivity contribution in [3.8, 4) is 5.82 Å². The van der Waals surface area contributed by atoms with Crippen molar-refractivity contribution in [2.45, 2.75) is 31.7 Å². The molecule has 3 N–H and O–H groups in total. The maximum Gasteiger partial charge on any atom is 0.248 e. The molecule has 3 atom stereocenters. The van der Waals surface area contributed by atoms with Gasteiger partial charge in [0.05, 0.1) is 0 Å². The minimum Gasteiger partial charge on any atom is -0.369 e. The molecule has 3 aliphatic rings. The lowest BCUT2D eigenvalue weighted by Gasteiger charge is -2.41. The number of nitrogens with one attached hydrogen (secondary N) is 1. The molecule has 9 nitrogen and oxygen atoms in total. The molecule has 3 unspecified atom stereocenters. The Labute approximate surface area is 187 Å². The van der Waals surface area contributed by atoms with Crippen molar-refractivity contribution in [3.05, 3.63) is 42.9 Å². The van der Waals surface area contributed by atoms with Crippen LogP contribution in [0.5, 0.6) is 0 Å². The quantitative estimate of drug-likeness (QED) is 0.636. The Morgan fingerprint density at radius 1 is 0.969 bits per heavy atom. The average molecular weight is 432 g/mol. The molecule has 1 aromatic carbocycles. The molecule has 2 bridgehead atoms. The fraction of sp³-hybridized carbons (Fsp3) is 0.478. The van der Waals surface area contributed by atoms with E-state index in [2.05, 4.69) is 59.4 Å². The van der Waals surface area contributed by atoms with E-state index in [0.29, 0.717) is 11.8 Å². The van der Waals surface area contributed by atoms with Gasteiger partial charge in [0.25, 0.3) is 0 Å². The molecule has 3 heterocycles. The number of piperazine rings is 1. The van der Waals surface area contributed by atoms with Crippen LogP contribution in [0, 0.1) is 11.8 Å². The zero-order valence-corrected chi connectivity index (χ0v) is 18.1. The Hall–Kier alpha value is -3.20. The van der Waals surface area contributed by atoms with Gasteiger partial charge in [-0.05, 0) is 55.4 Å². The number of aromatic nitrogens is 5. The first-order chi connectivity index (χ1) is 15.7. The molecule has 166 valence electrons. The second-order valence-electron chi connectivity index (χ2n) is 9.21. The number of rotatable bonds is 5. The Morgan fingerprint density at radius 2 is 1.81 bits per heavy atom. The van der Waals surface area contributed by atoms with Crippen LogP contribution in [-0.2, 0) is 0 Å². The van der Waals surface area contributed by atoms with E-state index in [-0.39, 0.29) is 5.95 Å². The monoisotopic (exact) mass is 431 g/mol. The number of nitrogens with two attached hydrogens (primary N) is 1. The van der Waals surface area contributed by atoms with E-state index >= 15 is 0 Å². The highest BCUT2D eigenvalue weighted by atomic mass is 15.4. The van der Waals surface area contributed by atoms with Gasteiger partial charge in [-0.3, -0.25) is 4.90 Å². The Morgan fingerprint density at radius 3 is 2.50 bits per heavy atom. The summed E-state index contributed by atoms with van der Waals surface area (Å²) in [5.41, 5.74) is 8.19. The third-order valence-corrected chi connectivity index (χ3v) is 7.39. The molecule has 0 spiro atoms. The third kappa shape index (κ3) is 3.66. The molecule has 2 saturated carbocycles. The standard InChI is InChI=1S/C23H29N9/c24-22-28-23(29-32(22)21-7-8-25-15-26-21)27-18-3-5-19(6-4-18)30-9-11-31(12-10-30)20-14-16-1-2-17(20)13-16/h3-8,15-17,20H,1-2,9-14H2,(H3,24,27,28,29). The molecule has 2 aliphatic carbocycles. The van der Waals surface area contributed by atoms with Gasteiger partial charge in [-0.2, -0.15) is 9.67 Å². The second-order valence-corrected chi connectivity index (χ2v) is 9.21. The van der Waals surface area contributed by atoms with Crippen LogP contribution in [0.15, 0.2) is 42.9 Å². The van der Waals surface area contributed by atoms with Crippen LogP contribution in [0.3, 0.4) is 0 Å². The van der Waals surface area contributed by atoms with E-state index in [1.54, 1.807) is 12.3 Å². The summed E-state index contributed by atoms with van der Waals surface area (Å²) in [5, 5.41) is 7.64. The van der Waals surface area contributed by atoms with Gasteiger partial charge in [0, 0.05) is 55.9 Å². The maximum atomic E-state index is 6.00. The van der Waals surface area contributed by atoms with Crippen molar-refractivity contribution in [2.24, 2.45) is 11.8 Å². The minimum absolute atomic E-state index is 0.274. The number of anilines is 4. The number of fused-ring (bicyclic) bond motifs is 2. The molecule has 1 aliphatic heterocycles. The Bertz CT molecular complexity index is 1060. The van der Waals surface area contributed by atoms with E-state index in [9.17, 15) is 0 Å². The maximum absolute atomic E-state index is 6.00. The number of hydrogen-bond acceptors (Lipinski definition) is 8. The number of benzene rings is 1. The summed E-state index contributed by atoms with van der Waals surface area (Å²) in [6, 6.07) is 11.1. The smallest absolute Gasteiger partial charge is 0.248 e. The first-order valence-corrected chi connectivity index (χ1v) is 11.6. The van der Waals surface area contributed by atoms with Crippen LogP contribution in [0.1, 0.15) is 25.7 Å². The number of nitrogens with zero attached hydrogens (tertiary/aromatic N) is 7. The van der Waals surface area contributed by atoms with E-state index in [0.717, 1.165) is 36.7 Å². The van der Waals surface area contributed by atoms with Gasteiger partial charge in [0.1, 0.15) is 6.33 Å². The summed E-state index contributed by atoms with van der Waals surface area (Å²) < 4.78 is 1.49. The Kier molecular flexibility index (Phi) is 4.90. The van der Waals surface area contributed by atoms with Crippen molar-refractivity contribution < 1.29 is 0 Å². The van der Waals surface area contributed by atoms with Gasteiger partial charge in [-0.1, -0.05) is 6.42 Å². The topological polar surface area (TPSA) is 101 Å². The summed E-state index contributed by atoms with van der Waals surface area (Å²) in [6.45, 7) is 4.55. The highest BCUT2D eigenvalue weighted by molar-refractivity contribution is 5.60. The first kappa shape index (κ1) is 19.5. The van der Waals surface area contributed by atoms with Crippen molar-refractivity contribution in [3.63, 3.8) is 0 Å². The molecule has 3 fully saturated rings. The van der Waals surface area contributed by atoms with Gasteiger partial charge in [0.15, 0.2) is 5.82 Å². The molecule has 0 amide bonds. The predicted octanol–water partition coefficient (Wildman–Crippen LogP) is 2.69. The summed E-state index contributed by atoms with van der Waals surface area (Å²) in [4.78, 5) is 17.6. The highest BCUT2D eigenvalue weighted by Crippen LogP contribution is 2.46. The molecular weight excluding hydrogens is 402 g/mol. The minimum atomic E-state index is 0.274. The van der Waals surface area contributed by atoms with Crippen molar-refractivity contribution >= 4 is 23.3 Å². The summed E-state index contributed by atoms with van der Waals surface area (Å²) in [7, 11) is 0. The normalized spacial score (nSPS) is 25.4. The lowest BCUT2D eigenvalue weighted by molar-refractivity contribution is 0.135. The highest BCUT2D eigenvalue weighted by Gasteiger charge is 2.42. The van der Waals surface area contributed by atoms with Crippen molar-refractivity contribution in [1.82, 2.24) is 29.6 Å². The largest absolute Gasteiger partial charge is 0.369 e. The van der Waals surface area contributed by atoms with Crippen LogP contribution in [0.2, 0.25) is 0 Å². The zero-order valence-electron chi connectivity index (χ0n) is 18.1. The molecule has 1 saturated heterocycles. The van der Waals surface area contributed by atoms with Crippen LogP contribution in [0.4, 0.5) is 23.3 Å². The molecule has 0 radical (unpaired) electrons. The van der Waals surface area contributed by atoms with Gasteiger partial charge in [-0.25, -0.2) is 9.97 Å². The summed E-state index contributed by atoms with van der Waals surface area (Å²) >= 11 is 0. The van der Waals surface area contributed by atoms with Gasteiger partial charge < -0.3 is 16.0 Å². The van der Waals surface area contributed by atoms with Crippen LogP contribution in [-0.4, -0.2) is 61.9 Å². The molecule has 2 aromatic heterocycles. The van der Waals surface area contributed by atoms with Crippen molar-refractivity contribution in [2.75, 3.05) is 42.1 Å². The fourth-order valence-corrected chi connectivity index (χ4v) is 5.81. The molecular formula is C23H29N9. The van der Waals surface area contributed by atoms with E-state index < -0.39 is 0 Å². The average Bonchev–Trinajstić information content (AvgIpc) is 3.56. The zero-order chi connectivity index (χ0) is 21.5. The van der Waals surface area contributed by atoms with E-state index in [4.69, 9.17) is 5.73 Å². The lowest BCUT2D eigenvalue weighted by atomic mass is 9.93. The van der Waals surface area contributed by atoms with Crippen LogP contribution >= 0.6 is 0 Å². The van der Waals surface area contributed by atoms with E-state index in [1.165, 1.54) is 55.5 Å². The first-order valence-electron chi connectivity index (χ1n) is 11.6. The van der Waals surface area contributed by atoms with Gasteiger partial charge in [-0.15, -0.1) is 5.10 Å². The number of nitrogen functional groups attached to an aromatic ring is 1. The fourth-order valence-electron chi connectivity index (χ4n) is 5.81. The molecule has 32 heavy (non-hydrogen) atoms. The van der Waals surface area contributed by atoms with Gasteiger partial charge >= 0.3 is 0 Å². The third-order valence-electron chi connectivity index (χ3n) is 7.39. The van der Waals surface area contributed by atoms with Crippen LogP contribution < -0.4 is 16.0 Å². The second kappa shape index (κ2) is 8.05. The molecule has 6 rings (SSSR count). The number of hydrogen-bond donors (Lipinski definition) is 2. The van der Waals surface area contributed by atoms with Gasteiger partial charge in [0.2, 0.25) is 11.9 Å². The Balaban J connectivity index is 1.07. The lowest BCUT2D eigenvalue weighted by Crippen LogP contribution is -2.51. The summed E-state index contributed by atoms with van der Waals surface area (Å²) in [5.74, 6) is 3.28. The van der Waals surface area contributed by atoms with Crippen LogP contribution in [0.25, 0.3) is 5.82 Å². The SMILES string of the molecule is Nc1nc(Nc2ccc(N3CCN(C4CC5CCC4C5)CC3)cc2)nn1-c1ccncn1. The molecule has 3 aromatic rings. The van der Waals surface area contributed by atoms with Crippen molar-refractivity contribution in [1.29, 1.82) is 0 Å². The summed E-state index contributed by atoms with van der Waals surface area (Å²) in [6.07, 6.45) is 8.97. The van der Waals surface area contributed by atoms with E-state index in [1.807, 2.05) is 0 Å².